The molecular formula is C14H14N4O4. The van der Waals surface area contributed by atoms with Crippen molar-refractivity contribution in [3.8, 4) is 5.69 Å². The Kier molecular flexibility index (Phi) is 4.97. The van der Waals surface area contributed by atoms with E-state index in [1.165, 1.54) is 35.5 Å². The minimum Gasteiger partial charge on any atom is -0.458 e. The fraction of sp³-hybridized carbons (Fsp3) is 0.214. The standard InChI is InChI=1S/C14H14N4O4/c1-2-3-4-7-22-14(19)11-5-6-12(13(8-11)18(20)21)17-10-15-9-16-17/h3-6,8-10H,2,7H2,1H3/b4-3-. The number of hydrogen-bond acceptors (Lipinski definition) is 6. The predicted molar refractivity (Wildman–Crippen MR) is 77.7 cm³/mol. The minimum atomic E-state index is -0.617. The van der Waals surface area contributed by atoms with Crippen LogP contribution in [0, 0.1) is 10.1 Å². The zero-order valence-corrected chi connectivity index (χ0v) is 11.9. The molecule has 0 aliphatic heterocycles. The lowest BCUT2D eigenvalue weighted by Gasteiger charge is -2.05. The molecule has 0 aliphatic rings. The lowest BCUT2D eigenvalue weighted by atomic mass is 10.1. The number of nitrogens with zero attached hydrogens (tertiary/aromatic N) is 4. The number of ether oxygens (including phenoxy) is 1. The molecule has 0 amide bonds. The maximum atomic E-state index is 11.9. The van der Waals surface area contributed by atoms with Crippen LogP contribution in [-0.2, 0) is 4.74 Å². The number of rotatable bonds is 6. The van der Waals surface area contributed by atoms with Crippen molar-refractivity contribution in [2.24, 2.45) is 0 Å². The van der Waals surface area contributed by atoms with E-state index in [1.54, 1.807) is 6.08 Å². The van der Waals surface area contributed by atoms with Crippen LogP contribution in [0.4, 0.5) is 5.69 Å². The van der Waals surface area contributed by atoms with Crippen LogP contribution in [0.3, 0.4) is 0 Å². The summed E-state index contributed by atoms with van der Waals surface area (Å²) in [6, 6.07) is 4.06. The van der Waals surface area contributed by atoms with E-state index in [9.17, 15) is 14.9 Å². The van der Waals surface area contributed by atoms with Gasteiger partial charge in [0.25, 0.3) is 5.69 Å². The van der Waals surface area contributed by atoms with Gasteiger partial charge in [-0.15, -0.1) is 0 Å². The van der Waals surface area contributed by atoms with Gasteiger partial charge < -0.3 is 4.74 Å². The first-order valence-corrected chi connectivity index (χ1v) is 6.59. The molecule has 0 spiro atoms. The number of aromatic nitrogens is 3. The fourth-order valence-corrected chi connectivity index (χ4v) is 1.76. The highest BCUT2D eigenvalue weighted by atomic mass is 16.6. The number of allylic oxidation sites excluding steroid dienone is 1. The Morgan fingerprint density at radius 1 is 1.45 bits per heavy atom. The molecule has 8 heteroatoms. The van der Waals surface area contributed by atoms with Crippen molar-refractivity contribution in [3.05, 3.63) is 58.7 Å². The van der Waals surface area contributed by atoms with Crippen molar-refractivity contribution >= 4 is 11.7 Å². The minimum absolute atomic E-state index is 0.112. The van der Waals surface area contributed by atoms with Gasteiger partial charge in [0, 0.05) is 6.07 Å². The molecule has 0 bridgehead atoms. The van der Waals surface area contributed by atoms with E-state index in [0.717, 1.165) is 6.42 Å². The van der Waals surface area contributed by atoms with Crippen molar-refractivity contribution in [3.63, 3.8) is 0 Å². The molecule has 0 saturated heterocycles. The Morgan fingerprint density at radius 3 is 2.91 bits per heavy atom. The summed E-state index contributed by atoms with van der Waals surface area (Å²) in [5, 5.41) is 15.0. The number of esters is 1. The Labute approximate surface area is 126 Å². The molecule has 1 aromatic heterocycles. The molecule has 2 rings (SSSR count). The quantitative estimate of drug-likeness (QED) is 0.351. The highest BCUT2D eigenvalue weighted by molar-refractivity contribution is 5.90. The van der Waals surface area contributed by atoms with Crippen molar-refractivity contribution in [2.45, 2.75) is 13.3 Å². The van der Waals surface area contributed by atoms with E-state index in [1.807, 2.05) is 13.0 Å². The topological polar surface area (TPSA) is 100 Å². The van der Waals surface area contributed by atoms with Crippen molar-refractivity contribution in [1.29, 1.82) is 0 Å². The molecule has 0 atom stereocenters. The summed E-state index contributed by atoms with van der Waals surface area (Å²) in [5.74, 6) is -0.617. The summed E-state index contributed by atoms with van der Waals surface area (Å²) in [7, 11) is 0. The van der Waals surface area contributed by atoms with Crippen LogP contribution in [0.25, 0.3) is 5.69 Å². The number of hydrogen-bond donors (Lipinski definition) is 0. The second kappa shape index (κ2) is 7.11. The summed E-state index contributed by atoms with van der Waals surface area (Å²) in [6.07, 6.45) is 7.04. The predicted octanol–water partition coefficient (Wildman–Crippen LogP) is 2.30. The first kappa shape index (κ1) is 15.4. The maximum Gasteiger partial charge on any atom is 0.338 e. The lowest BCUT2D eigenvalue weighted by molar-refractivity contribution is -0.384. The molecule has 22 heavy (non-hydrogen) atoms. The molecule has 114 valence electrons. The van der Waals surface area contributed by atoms with Crippen LogP contribution in [0.5, 0.6) is 0 Å². The fourth-order valence-electron chi connectivity index (χ4n) is 1.76. The number of carbonyl (C=O) groups excluding carboxylic acids is 1. The van der Waals surface area contributed by atoms with Gasteiger partial charge in [0.1, 0.15) is 24.9 Å². The molecule has 0 unspecified atom stereocenters. The second-order valence-electron chi connectivity index (χ2n) is 4.28. The third-order valence-corrected chi connectivity index (χ3v) is 2.79. The van der Waals surface area contributed by atoms with E-state index in [-0.39, 0.29) is 23.5 Å². The van der Waals surface area contributed by atoms with Crippen LogP contribution in [0.15, 0.2) is 43.0 Å². The molecule has 0 radical (unpaired) electrons. The Balaban J connectivity index is 2.24. The molecular weight excluding hydrogens is 288 g/mol. The summed E-state index contributed by atoms with van der Waals surface area (Å²) in [4.78, 5) is 26.2. The van der Waals surface area contributed by atoms with E-state index in [2.05, 4.69) is 10.1 Å². The highest BCUT2D eigenvalue weighted by Crippen LogP contribution is 2.23. The average Bonchev–Trinajstić information content (AvgIpc) is 3.05. The van der Waals surface area contributed by atoms with Gasteiger partial charge in [0.15, 0.2) is 0 Å². The molecule has 0 fully saturated rings. The monoisotopic (exact) mass is 302 g/mol. The molecule has 0 saturated carbocycles. The van der Waals surface area contributed by atoms with E-state index in [0.29, 0.717) is 0 Å². The van der Waals surface area contributed by atoms with Crippen LogP contribution in [-0.4, -0.2) is 32.3 Å². The van der Waals surface area contributed by atoms with Gasteiger partial charge in [-0.2, -0.15) is 5.10 Å². The SMILES string of the molecule is CC/C=C\COC(=O)c1ccc(-n2cncn2)c([N+](=O)[O-])c1. The Bertz CT molecular complexity index is 695. The summed E-state index contributed by atoms with van der Waals surface area (Å²) < 4.78 is 6.27. The Hall–Kier alpha value is -3.03. The molecule has 8 nitrogen and oxygen atoms in total. The van der Waals surface area contributed by atoms with Gasteiger partial charge >= 0.3 is 5.97 Å². The first-order chi connectivity index (χ1) is 10.6. The summed E-state index contributed by atoms with van der Waals surface area (Å²) in [6.45, 7) is 2.09. The van der Waals surface area contributed by atoms with Crippen molar-refractivity contribution < 1.29 is 14.5 Å². The van der Waals surface area contributed by atoms with Gasteiger partial charge in [0.2, 0.25) is 0 Å². The number of carbonyl (C=O) groups is 1. The van der Waals surface area contributed by atoms with Crippen LogP contribution < -0.4 is 0 Å². The normalized spacial score (nSPS) is 10.8. The summed E-state index contributed by atoms with van der Waals surface area (Å²) >= 11 is 0. The van der Waals surface area contributed by atoms with E-state index >= 15 is 0 Å². The van der Waals surface area contributed by atoms with E-state index < -0.39 is 10.9 Å². The van der Waals surface area contributed by atoms with Gasteiger partial charge in [-0.3, -0.25) is 10.1 Å². The van der Waals surface area contributed by atoms with Crippen LogP contribution in [0.1, 0.15) is 23.7 Å². The van der Waals surface area contributed by atoms with Crippen molar-refractivity contribution in [1.82, 2.24) is 14.8 Å². The second-order valence-corrected chi connectivity index (χ2v) is 4.28. The molecule has 2 aromatic rings. The summed E-state index contributed by atoms with van der Waals surface area (Å²) in [5.41, 5.74) is 0.0921. The van der Waals surface area contributed by atoms with Gasteiger partial charge in [-0.25, -0.2) is 14.5 Å². The molecule has 1 heterocycles. The zero-order valence-electron chi connectivity index (χ0n) is 11.9. The Morgan fingerprint density at radius 2 is 2.27 bits per heavy atom. The van der Waals surface area contributed by atoms with E-state index in [4.69, 9.17) is 4.74 Å². The largest absolute Gasteiger partial charge is 0.458 e. The van der Waals surface area contributed by atoms with Gasteiger partial charge in [-0.1, -0.05) is 19.1 Å². The van der Waals surface area contributed by atoms with Gasteiger partial charge in [-0.05, 0) is 18.6 Å². The first-order valence-electron chi connectivity index (χ1n) is 6.59. The van der Waals surface area contributed by atoms with Gasteiger partial charge in [0.05, 0.1) is 10.5 Å². The number of nitro benzene ring substituents is 1. The average molecular weight is 302 g/mol. The third-order valence-electron chi connectivity index (χ3n) is 2.79. The number of benzene rings is 1. The maximum absolute atomic E-state index is 11.9. The zero-order chi connectivity index (χ0) is 15.9. The molecule has 0 aliphatic carbocycles. The van der Waals surface area contributed by atoms with Crippen molar-refractivity contribution in [2.75, 3.05) is 6.61 Å². The lowest BCUT2D eigenvalue weighted by Crippen LogP contribution is -2.08. The smallest absolute Gasteiger partial charge is 0.338 e. The van der Waals surface area contributed by atoms with Crippen LogP contribution in [0.2, 0.25) is 0 Å². The number of nitro groups is 1. The third kappa shape index (κ3) is 3.54. The molecule has 0 N–H and O–H groups in total. The molecule has 1 aromatic carbocycles. The highest BCUT2D eigenvalue weighted by Gasteiger charge is 2.19. The van der Waals surface area contributed by atoms with Crippen LogP contribution >= 0.6 is 0 Å².